The van der Waals surface area contributed by atoms with E-state index in [0.717, 1.165) is 6.42 Å². The SMILES string of the molecule is O=C1C=CC(C(=O)NCc2nc(C3CCNC(=O)C3)no2)C=N1. The van der Waals surface area contributed by atoms with E-state index in [1.54, 1.807) is 0 Å². The van der Waals surface area contributed by atoms with Crippen LogP contribution in [-0.4, -0.2) is 40.6 Å². The van der Waals surface area contributed by atoms with Gasteiger partial charge in [0.05, 0.1) is 12.5 Å². The molecule has 2 unspecified atom stereocenters. The molecule has 0 aliphatic carbocycles. The second-order valence-corrected chi connectivity index (χ2v) is 5.31. The van der Waals surface area contributed by atoms with Gasteiger partial charge >= 0.3 is 0 Å². The molecule has 1 aromatic heterocycles. The Hall–Kier alpha value is -2.84. The second kappa shape index (κ2) is 6.51. The number of amides is 3. The van der Waals surface area contributed by atoms with Gasteiger partial charge in [-0.1, -0.05) is 11.2 Å². The Bertz CT molecular complexity index is 677. The lowest BCUT2D eigenvalue weighted by Crippen LogP contribution is -2.33. The summed E-state index contributed by atoms with van der Waals surface area (Å²) < 4.78 is 5.09. The van der Waals surface area contributed by atoms with Crippen LogP contribution in [0, 0.1) is 5.92 Å². The van der Waals surface area contributed by atoms with Crippen molar-refractivity contribution in [3.8, 4) is 0 Å². The molecular formula is C14H15N5O4. The summed E-state index contributed by atoms with van der Waals surface area (Å²) in [5, 5.41) is 9.26. The van der Waals surface area contributed by atoms with Crippen molar-refractivity contribution in [2.75, 3.05) is 6.54 Å². The number of piperidine rings is 1. The normalized spacial score (nSPS) is 23.7. The van der Waals surface area contributed by atoms with Crippen molar-refractivity contribution in [3.63, 3.8) is 0 Å². The van der Waals surface area contributed by atoms with Crippen LogP contribution >= 0.6 is 0 Å². The zero-order chi connectivity index (χ0) is 16.2. The fraction of sp³-hybridized carbons (Fsp3) is 0.429. The topological polar surface area (TPSA) is 127 Å². The zero-order valence-corrected chi connectivity index (χ0v) is 12.2. The molecule has 1 aromatic rings. The molecule has 1 saturated heterocycles. The summed E-state index contributed by atoms with van der Waals surface area (Å²) >= 11 is 0. The van der Waals surface area contributed by atoms with E-state index in [4.69, 9.17) is 4.52 Å². The van der Waals surface area contributed by atoms with Gasteiger partial charge in [0.15, 0.2) is 5.82 Å². The summed E-state index contributed by atoms with van der Waals surface area (Å²) in [6, 6.07) is 0. The standard InChI is InChI=1S/C14H15N5O4/c20-10-2-1-9(6-16-10)14(22)17-7-12-18-13(19-23-12)8-3-4-15-11(21)5-8/h1-2,6,8-9H,3-5,7H2,(H,15,21)(H,17,22). The third-order valence-electron chi connectivity index (χ3n) is 3.62. The van der Waals surface area contributed by atoms with Gasteiger partial charge in [-0.15, -0.1) is 0 Å². The number of aromatic nitrogens is 2. The van der Waals surface area contributed by atoms with Crippen LogP contribution in [0.3, 0.4) is 0 Å². The molecule has 0 bridgehead atoms. The molecule has 0 saturated carbocycles. The van der Waals surface area contributed by atoms with Gasteiger partial charge in [-0.2, -0.15) is 4.98 Å². The Morgan fingerprint density at radius 2 is 2.30 bits per heavy atom. The third-order valence-corrected chi connectivity index (χ3v) is 3.62. The summed E-state index contributed by atoms with van der Waals surface area (Å²) in [5.74, 6) is -0.616. The minimum Gasteiger partial charge on any atom is -0.356 e. The lowest BCUT2D eigenvalue weighted by atomic mass is 9.97. The highest BCUT2D eigenvalue weighted by Crippen LogP contribution is 2.22. The number of hydrogen-bond donors (Lipinski definition) is 2. The lowest BCUT2D eigenvalue weighted by Gasteiger charge is -2.18. The Morgan fingerprint density at radius 1 is 1.43 bits per heavy atom. The molecule has 2 aliphatic heterocycles. The van der Waals surface area contributed by atoms with E-state index in [0.29, 0.717) is 18.8 Å². The predicted octanol–water partition coefficient (Wildman–Crippen LogP) is -0.537. The van der Waals surface area contributed by atoms with Crippen molar-refractivity contribution in [1.82, 2.24) is 20.8 Å². The molecule has 3 rings (SSSR count). The summed E-state index contributed by atoms with van der Waals surface area (Å²) in [7, 11) is 0. The number of dihydropyridines is 1. The predicted molar refractivity (Wildman–Crippen MR) is 77.3 cm³/mol. The highest BCUT2D eigenvalue weighted by Gasteiger charge is 2.25. The van der Waals surface area contributed by atoms with Gasteiger partial charge in [0.25, 0.3) is 5.91 Å². The van der Waals surface area contributed by atoms with Crippen LogP contribution in [0.5, 0.6) is 0 Å². The first-order valence-electron chi connectivity index (χ1n) is 7.25. The van der Waals surface area contributed by atoms with E-state index >= 15 is 0 Å². The molecule has 2 aliphatic rings. The Balaban J connectivity index is 1.54. The summed E-state index contributed by atoms with van der Waals surface area (Å²) in [5.41, 5.74) is 0. The minimum atomic E-state index is -0.586. The van der Waals surface area contributed by atoms with Gasteiger partial charge in [0, 0.05) is 31.2 Å². The molecular weight excluding hydrogens is 302 g/mol. The molecule has 23 heavy (non-hydrogen) atoms. The van der Waals surface area contributed by atoms with Crippen LogP contribution in [0.25, 0.3) is 0 Å². The van der Waals surface area contributed by atoms with E-state index in [1.807, 2.05) is 0 Å². The van der Waals surface area contributed by atoms with Crippen molar-refractivity contribution in [1.29, 1.82) is 0 Å². The van der Waals surface area contributed by atoms with E-state index in [2.05, 4.69) is 25.8 Å². The van der Waals surface area contributed by atoms with E-state index in [9.17, 15) is 14.4 Å². The van der Waals surface area contributed by atoms with Crippen molar-refractivity contribution in [2.24, 2.45) is 10.9 Å². The number of hydrogen-bond acceptors (Lipinski definition) is 6. The monoisotopic (exact) mass is 317 g/mol. The number of nitrogens with zero attached hydrogens (tertiary/aromatic N) is 3. The van der Waals surface area contributed by atoms with Crippen molar-refractivity contribution in [2.45, 2.75) is 25.3 Å². The summed E-state index contributed by atoms with van der Waals surface area (Å²) in [4.78, 5) is 42.0. The fourth-order valence-electron chi connectivity index (χ4n) is 2.38. The van der Waals surface area contributed by atoms with Crippen molar-refractivity contribution in [3.05, 3.63) is 23.9 Å². The first-order valence-corrected chi connectivity index (χ1v) is 7.25. The average molecular weight is 317 g/mol. The molecule has 0 radical (unpaired) electrons. The first kappa shape index (κ1) is 15.1. The van der Waals surface area contributed by atoms with Crippen LogP contribution in [0.15, 0.2) is 21.7 Å². The molecule has 1 fully saturated rings. The fourth-order valence-corrected chi connectivity index (χ4v) is 2.38. The second-order valence-electron chi connectivity index (χ2n) is 5.31. The Kier molecular flexibility index (Phi) is 4.26. The zero-order valence-electron chi connectivity index (χ0n) is 12.2. The highest BCUT2D eigenvalue weighted by molar-refractivity contribution is 6.05. The van der Waals surface area contributed by atoms with E-state index in [-0.39, 0.29) is 36.1 Å². The molecule has 2 N–H and O–H groups in total. The molecule has 9 nitrogen and oxygen atoms in total. The highest BCUT2D eigenvalue weighted by atomic mass is 16.5. The molecule has 3 amide bonds. The quantitative estimate of drug-likeness (QED) is 0.768. The largest absolute Gasteiger partial charge is 0.356 e. The maximum absolute atomic E-state index is 11.9. The van der Waals surface area contributed by atoms with E-state index in [1.165, 1.54) is 18.4 Å². The van der Waals surface area contributed by atoms with Gasteiger partial charge in [-0.25, -0.2) is 4.99 Å². The number of nitrogens with one attached hydrogen (secondary N) is 2. The number of aliphatic imine (C=N–C) groups is 1. The van der Waals surface area contributed by atoms with Crippen LogP contribution in [0.1, 0.15) is 30.5 Å². The average Bonchev–Trinajstić information content (AvgIpc) is 3.02. The number of rotatable bonds is 4. The summed E-state index contributed by atoms with van der Waals surface area (Å²) in [6.45, 7) is 0.674. The van der Waals surface area contributed by atoms with Crippen molar-refractivity contribution < 1.29 is 18.9 Å². The Morgan fingerprint density at radius 3 is 3.04 bits per heavy atom. The van der Waals surface area contributed by atoms with Gasteiger partial charge in [-0.05, 0) is 6.42 Å². The van der Waals surface area contributed by atoms with Gasteiger partial charge in [0.2, 0.25) is 17.7 Å². The lowest BCUT2D eigenvalue weighted by molar-refractivity contribution is -0.123. The third kappa shape index (κ3) is 3.68. The maximum atomic E-state index is 11.9. The molecule has 3 heterocycles. The van der Waals surface area contributed by atoms with Gasteiger partial charge < -0.3 is 15.2 Å². The number of carbonyl (C=O) groups is 3. The Labute approximate surface area is 131 Å². The van der Waals surface area contributed by atoms with Crippen molar-refractivity contribution >= 4 is 23.9 Å². The van der Waals surface area contributed by atoms with Crippen LogP contribution < -0.4 is 10.6 Å². The molecule has 9 heteroatoms. The smallest absolute Gasteiger partial charge is 0.269 e. The van der Waals surface area contributed by atoms with Gasteiger partial charge in [-0.3, -0.25) is 14.4 Å². The molecule has 0 spiro atoms. The molecule has 0 aromatic carbocycles. The summed E-state index contributed by atoms with van der Waals surface area (Å²) in [6.07, 6.45) is 5.11. The molecule has 2 atom stereocenters. The van der Waals surface area contributed by atoms with Crippen LogP contribution in [-0.2, 0) is 20.9 Å². The van der Waals surface area contributed by atoms with Crippen LogP contribution in [0.4, 0.5) is 0 Å². The minimum absolute atomic E-state index is 0.0289. The van der Waals surface area contributed by atoms with E-state index < -0.39 is 5.92 Å². The number of carbonyl (C=O) groups excluding carboxylic acids is 3. The maximum Gasteiger partial charge on any atom is 0.269 e. The first-order chi connectivity index (χ1) is 11.1. The van der Waals surface area contributed by atoms with Crippen LogP contribution in [0.2, 0.25) is 0 Å². The molecule has 120 valence electrons. The van der Waals surface area contributed by atoms with Gasteiger partial charge in [0.1, 0.15) is 0 Å².